The van der Waals surface area contributed by atoms with Gasteiger partial charge in [-0.05, 0) is 43.0 Å². The van der Waals surface area contributed by atoms with Gasteiger partial charge in [-0.25, -0.2) is 0 Å². The van der Waals surface area contributed by atoms with Crippen LogP contribution in [0, 0.1) is 5.92 Å². The van der Waals surface area contributed by atoms with Gasteiger partial charge in [0.1, 0.15) is 5.76 Å². The third kappa shape index (κ3) is 3.28. The van der Waals surface area contributed by atoms with E-state index in [0.29, 0.717) is 23.2 Å². The Kier molecular flexibility index (Phi) is 3.99. The first-order valence-corrected chi connectivity index (χ1v) is 7.41. The van der Waals surface area contributed by atoms with E-state index in [1.54, 1.807) is 18.2 Å². The van der Waals surface area contributed by atoms with Gasteiger partial charge >= 0.3 is 0 Å². The summed E-state index contributed by atoms with van der Waals surface area (Å²) in [6.07, 6.45) is 2.32. The van der Waals surface area contributed by atoms with E-state index < -0.39 is 0 Å². The monoisotopic (exact) mass is 304 g/mol. The van der Waals surface area contributed by atoms with Crippen molar-refractivity contribution in [2.24, 2.45) is 11.7 Å². The number of hydrogen-bond acceptors (Lipinski definition) is 3. The molecule has 3 N–H and O–H groups in total. The predicted molar refractivity (Wildman–Crippen MR) is 82.2 cm³/mol. The van der Waals surface area contributed by atoms with E-state index in [-0.39, 0.29) is 17.7 Å². The molecule has 5 heteroatoms. The molecular weight excluding hydrogens is 288 g/mol. The van der Waals surface area contributed by atoms with Crippen LogP contribution in [0.5, 0.6) is 0 Å². The van der Waals surface area contributed by atoms with E-state index in [2.05, 4.69) is 5.32 Å². The highest BCUT2D eigenvalue weighted by Gasteiger charge is 2.28. The van der Waals surface area contributed by atoms with Crippen molar-refractivity contribution in [3.05, 3.63) is 47.2 Å². The number of nitrogens with two attached hydrogens (primary N) is 1. The van der Waals surface area contributed by atoms with Crippen LogP contribution in [0.3, 0.4) is 0 Å². The second-order valence-corrected chi connectivity index (χ2v) is 5.76. The van der Waals surface area contributed by atoms with Crippen LogP contribution in [-0.4, -0.2) is 18.5 Å². The molecule has 21 heavy (non-hydrogen) atoms. The summed E-state index contributed by atoms with van der Waals surface area (Å²) in [6.45, 7) is 0.478. The van der Waals surface area contributed by atoms with Crippen molar-refractivity contribution in [2.75, 3.05) is 6.54 Å². The van der Waals surface area contributed by atoms with Crippen molar-refractivity contribution in [3.63, 3.8) is 0 Å². The SMILES string of the molecule is NC(CNC(=O)c1ccc(-c2ccccc2Cl)o1)C1CC1. The second-order valence-electron chi connectivity index (χ2n) is 5.36. The van der Waals surface area contributed by atoms with Crippen molar-refractivity contribution in [2.45, 2.75) is 18.9 Å². The summed E-state index contributed by atoms with van der Waals surface area (Å²) < 4.78 is 5.58. The Morgan fingerprint density at radius 1 is 1.33 bits per heavy atom. The largest absolute Gasteiger partial charge is 0.451 e. The molecule has 1 heterocycles. The zero-order chi connectivity index (χ0) is 14.8. The number of carbonyl (C=O) groups excluding carboxylic acids is 1. The summed E-state index contributed by atoms with van der Waals surface area (Å²) in [6, 6.07) is 10.8. The van der Waals surface area contributed by atoms with Crippen molar-refractivity contribution in [1.82, 2.24) is 5.32 Å². The fraction of sp³-hybridized carbons (Fsp3) is 0.312. The van der Waals surface area contributed by atoms with Crippen LogP contribution in [0.15, 0.2) is 40.8 Å². The standard InChI is InChI=1S/C16H17ClN2O2/c17-12-4-2-1-3-11(12)14-7-8-15(21-14)16(20)19-9-13(18)10-5-6-10/h1-4,7-8,10,13H,5-6,9,18H2,(H,19,20). The summed E-state index contributed by atoms with van der Waals surface area (Å²) >= 11 is 6.12. The van der Waals surface area contributed by atoms with E-state index in [1.165, 1.54) is 0 Å². The average Bonchev–Trinajstić information content (AvgIpc) is 3.23. The molecule has 1 saturated carbocycles. The Morgan fingerprint density at radius 2 is 2.10 bits per heavy atom. The zero-order valence-electron chi connectivity index (χ0n) is 11.5. The van der Waals surface area contributed by atoms with Gasteiger partial charge in [-0.15, -0.1) is 0 Å². The van der Waals surface area contributed by atoms with Crippen molar-refractivity contribution in [1.29, 1.82) is 0 Å². The number of nitrogens with one attached hydrogen (secondary N) is 1. The van der Waals surface area contributed by atoms with E-state index in [4.69, 9.17) is 21.8 Å². The van der Waals surface area contributed by atoms with Crippen LogP contribution >= 0.6 is 11.6 Å². The molecule has 0 aliphatic heterocycles. The molecule has 1 unspecified atom stereocenters. The molecule has 3 rings (SSSR count). The van der Waals surface area contributed by atoms with Gasteiger partial charge in [0.15, 0.2) is 5.76 Å². The number of benzene rings is 1. The summed E-state index contributed by atoms with van der Waals surface area (Å²) in [5.74, 6) is 1.16. The first kappa shape index (κ1) is 14.2. The highest BCUT2D eigenvalue weighted by molar-refractivity contribution is 6.33. The molecule has 4 nitrogen and oxygen atoms in total. The van der Waals surface area contributed by atoms with Gasteiger partial charge in [0.05, 0.1) is 5.02 Å². The minimum absolute atomic E-state index is 0.0342. The predicted octanol–water partition coefficient (Wildman–Crippen LogP) is 3.07. The molecule has 1 aliphatic rings. The highest BCUT2D eigenvalue weighted by atomic mass is 35.5. The van der Waals surface area contributed by atoms with Crippen LogP contribution in [-0.2, 0) is 0 Å². The van der Waals surface area contributed by atoms with Gasteiger partial charge in [-0.1, -0.05) is 23.7 Å². The Labute approximate surface area is 128 Å². The smallest absolute Gasteiger partial charge is 0.287 e. The minimum atomic E-state index is -0.246. The summed E-state index contributed by atoms with van der Waals surface area (Å²) in [4.78, 5) is 12.0. The summed E-state index contributed by atoms with van der Waals surface area (Å²) in [5.41, 5.74) is 6.73. The van der Waals surface area contributed by atoms with Gasteiger partial charge in [-0.3, -0.25) is 4.79 Å². The molecular formula is C16H17ClN2O2. The van der Waals surface area contributed by atoms with Gasteiger partial charge in [-0.2, -0.15) is 0 Å². The van der Waals surface area contributed by atoms with Gasteiger partial charge < -0.3 is 15.5 Å². The molecule has 0 bridgehead atoms. The molecule has 1 amide bonds. The molecule has 1 aromatic heterocycles. The van der Waals surface area contributed by atoms with Crippen molar-refractivity contribution >= 4 is 17.5 Å². The molecule has 0 radical (unpaired) electrons. The highest BCUT2D eigenvalue weighted by Crippen LogP contribution is 2.31. The van der Waals surface area contributed by atoms with E-state index in [9.17, 15) is 4.79 Å². The molecule has 0 saturated heterocycles. The first-order valence-electron chi connectivity index (χ1n) is 7.03. The van der Waals surface area contributed by atoms with E-state index >= 15 is 0 Å². The number of amides is 1. The molecule has 1 fully saturated rings. The number of carbonyl (C=O) groups is 1. The fourth-order valence-corrected chi connectivity index (χ4v) is 2.48. The normalized spacial score (nSPS) is 15.7. The van der Waals surface area contributed by atoms with Crippen molar-refractivity contribution < 1.29 is 9.21 Å². The Hall–Kier alpha value is -1.78. The van der Waals surface area contributed by atoms with Crippen LogP contribution in [0.4, 0.5) is 0 Å². The minimum Gasteiger partial charge on any atom is -0.451 e. The third-order valence-electron chi connectivity index (χ3n) is 3.69. The van der Waals surface area contributed by atoms with Crippen LogP contribution < -0.4 is 11.1 Å². The Bertz CT molecular complexity index is 649. The Morgan fingerprint density at radius 3 is 2.81 bits per heavy atom. The number of hydrogen-bond donors (Lipinski definition) is 2. The Balaban J connectivity index is 1.66. The number of halogens is 1. The summed E-state index contributed by atoms with van der Waals surface area (Å²) in [7, 11) is 0. The average molecular weight is 305 g/mol. The topological polar surface area (TPSA) is 68.3 Å². The lowest BCUT2D eigenvalue weighted by molar-refractivity contribution is 0.0923. The quantitative estimate of drug-likeness (QED) is 0.892. The molecule has 1 aromatic carbocycles. The maximum atomic E-state index is 12.0. The fourth-order valence-electron chi connectivity index (χ4n) is 2.25. The molecule has 0 spiro atoms. The van der Waals surface area contributed by atoms with Gasteiger partial charge in [0.2, 0.25) is 0 Å². The van der Waals surface area contributed by atoms with Crippen LogP contribution in [0.25, 0.3) is 11.3 Å². The molecule has 110 valence electrons. The van der Waals surface area contributed by atoms with Gasteiger partial charge in [0, 0.05) is 18.2 Å². The lowest BCUT2D eigenvalue weighted by Gasteiger charge is -2.10. The number of furan rings is 1. The number of rotatable bonds is 5. The van der Waals surface area contributed by atoms with E-state index in [1.807, 2.05) is 18.2 Å². The molecule has 1 aliphatic carbocycles. The molecule has 2 aromatic rings. The van der Waals surface area contributed by atoms with E-state index in [0.717, 1.165) is 18.4 Å². The van der Waals surface area contributed by atoms with Gasteiger partial charge in [0.25, 0.3) is 5.91 Å². The molecule has 1 atom stereocenters. The summed E-state index contributed by atoms with van der Waals surface area (Å²) in [5, 5.41) is 3.40. The second kappa shape index (κ2) is 5.92. The van der Waals surface area contributed by atoms with Crippen LogP contribution in [0.2, 0.25) is 5.02 Å². The van der Waals surface area contributed by atoms with Crippen LogP contribution in [0.1, 0.15) is 23.4 Å². The van der Waals surface area contributed by atoms with Crippen molar-refractivity contribution in [3.8, 4) is 11.3 Å². The maximum absolute atomic E-state index is 12.0. The maximum Gasteiger partial charge on any atom is 0.287 e. The zero-order valence-corrected chi connectivity index (χ0v) is 12.3. The lowest BCUT2D eigenvalue weighted by atomic mass is 10.2. The lowest BCUT2D eigenvalue weighted by Crippen LogP contribution is -2.38. The third-order valence-corrected chi connectivity index (χ3v) is 4.02. The first-order chi connectivity index (χ1) is 10.1.